The van der Waals surface area contributed by atoms with Crippen LogP contribution in [0, 0.1) is 0 Å². The molecule has 1 aromatic rings. The second-order valence-electron chi connectivity index (χ2n) is 4.09. The molecule has 108 valence electrons. The molecule has 0 radical (unpaired) electrons. The van der Waals surface area contributed by atoms with Crippen LogP contribution in [0.15, 0.2) is 23.1 Å². The summed E-state index contributed by atoms with van der Waals surface area (Å²) in [5, 5.41) is 0. The molecular formula is C12H20N2O3S2. The van der Waals surface area contributed by atoms with Crippen molar-refractivity contribution < 1.29 is 13.2 Å². The standard InChI is InChI=1S/C12H20N2O3S2/c1-4-18-8-9(2)14-19(15,16)12-6-5-10(13)7-11(12)17-3/h5-7,9,14H,4,8,13H2,1-3H3. The Labute approximate surface area is 119 Å². The predicted octanol–water partition coefficient (Wildman–Crippen LogP) is 1.70. The van der Waals surface area contributed by atoms with Gasteiger partial charge in [0.1, 0.15) is 10.6 Å². The molecule has 0 aliphatic heterocycles. The molecule has 1 unspecified atom stereocenters. The lowest BCUT2D eigenvalue weighted by Gasteiger charge is -2.15. The number of nitrogens with two attached hydrogens (primary N) is 1. The quantitative estimate of drug-likeness (QED) is 0.749. The average molecular weight is 304 g/mol. The minimum absolute atomic E-state index is 0.109. The van der Waals surface area contributed by atoms with Gasteiger partial charge in [0.05, 0.1) is 7.11 Å². The molecule has 1 aromatic carbocycles. The minimum Gasteiger partial charge on any atom is -0.495 e. The van der Waals surface area contributed by atoms with E-state index < -0.39 is 10.0 Å². The van der Waals surface area contributed by atoms with E-state index in [0.717, 1.165) is 11.5 Å². The van der Waals surface area contributed by atoms with Gasteiger partial charge in [-0.25, -0.2) is 13.1 Å². The zero-order valence-corrected chi connectivity index (χ0v) is 13.0. The van der Waals surface area contributed by atoms with Crippen LogP contribution >= 0.6 is 11.8 Å². The van der Waals surface area contributed by atoms with Crippen LogP contribution in [0.25, 0.3) is 0 Å². The third-order valence-corrected chi connectivity index (χ3v) is 5.18. The Morgan fingerprint density at radius 2 is 2.16 bits per heavy atom. The summed E-state index contributed by atoms with van der Waals surface area (Å²) in [5.41, 5.74) is 6.08. The lowest BCUT2D eigenvalue weighted by atomic mass is 10.3. The summed E-state index contributed by atoms with van der Waals surface area (Å²) in [6.07, 6.45) is 0. The first-order valence-electron chi connectivity index (χ1n) is 5.94. The first kappa shape index (κ1) is 16.1. The molecule has 0 aliphatic carbocycles. The molecule has 19 heavy (non-hydrogen) atoms. The van der Waals surface area contributed by atoms with Gasteiger partial charge in [0, 0.05) is 23.5 Å². The van der Waals surface area contributed by atoms with Crippen molar-refractivity contribution in [2.24, 2.45) is 0 Å². The van der Waals surface area contributed by atoms with Crippen molar-refractivity contribution >= 4 is 27.5 Å². The van der Waals surface area contributed by atoms with Crippen LogP contribution in [0.2, 0.25) is 0 Å². The zero-order valence-electron chi connectivity index (χ0n) is 11.3. The maximum Gasteiger partial charge on any atom is 0.244 e. The number of nitrogens with one attached hydrogen (secondary N) is 1. The summed E-state index contributed by atoms with van der Waals surface area (Å²) in [4.78, 5) is 0.109. The Morgan fingerprint density at radius 3 is 2.74 bits per heavy atom. The van der Waals surface area contributed by atoms with Gasteiger partial charge in [-0.05, 0) is 24.8 Å². The van der Waals surface area contributed by atoms with Crippen LogP contribution in [0.1, 0.15) is 13.8 Å². The number of hydrogen-bond donors (Lipinski definition) is 2. The summed E-state index contributed by atoms with van der Waals surface area (Å²) in [5.74, 6) is 1.94. The Morgan fingerprint density at radius 1 is 1.47 bits per heavy atom. The van der Waals surface area contributed by atoms with E-state index in [4.69, 9.17) is 10.5 Å². The maximum atomic E-state index is 12.3. The Hall–Kier alpha value is -0.920. The van der Waals surface area contributed by atoms with E-state index in [1.54, 1.807) is 17.8 Å². The van der Waals surface area contributed by atoms with Crippen molar-refractivity contribution in [1.82, 2.24) is 4.72 Å². The molecule has 0 bridgehead atoms. The van der Waals surface area contributed by atoms with E-state index in [1.165, 1.54) is 19.2 Å². The monoisotopic (exact) mass is 304 g/mol. The summed E-state index contributed by atoms with van der Waals surface area (Å²) in [7, 11) is -2.17. The lowest BCUT2D eigenvalue weighted by molar-refractivity contribution is 0.402. The molecule has 1 rings (SSSR count). The Kier molecular flexibility index (Phi) is 5.96. The highest BCUT2D eigenvalue weighted by atomic mass is 32.2. The van der Waals surface area contributed by atoms with Crippen LogP contribution in [0.4, 0.5) is 5.69 Å². The second-order valence-corrected chi connectivity index (χ2v) is 7.09. The lowest BCUT2D eigenvalue weighted by Crippen LogP contribution is -2.34. The minimum atomic E-state index is -3.59. The topological polar surface area (TPSA) is 81.4 Å². The number of rotatable bonds is 7. The summed E-state index contributed by atoms with van der Waals surface area (Å²) in [6, 6.07) is 4.36. The van der Waals surface area contributed by atoms with Crippen molar-refractivity contribution in [3.63, 3.8) is 0 Å². The van der Waals surface area contributed by atoms with Gasteiger partial charge in [-0.3, -0.25) is 0 Å². The highest BCUT2D eigenvalue weighted by Crippen LogP contribution is 2.26. The van der Waals surface area contributed by atoms with Gasteiger partial charge in [-0.15, -0.1) is 0 Å². The molecule has 3 N–H and O–H groups in total. The van der Waals surface area contributed by atoms with Gasteiger partial charge < -0.3 is 10.5 Å². The SMILES string of the molecule is CCSCC(C)NS(=O)(=O)c1ccc(N)cc1OC. The van der Waals surface area contributed by atoms with Crippen molar-refractivity contribution in [3.8, 4) is 5.75 Å². The molecule has 0 aromatic heterocycles. The van der Waals surface area contributed by atoms with Gasteiger partial charge in [0.2, 0.25) is 10.0 Å². The largest absolute Gasteiger partial charge is 0.495 e. The number of sulfonamides is 1. The van der Waals surface area contributed by atoms with E-state index >= 15 is 0 Å². The van der Waals surface area contributed by atoms with Gasteiger partial charge in [-0.2, -0.15) is 11.8 Å². The van der Waals surface area contributed by atoms with E-state index in [9.17, 15) is 8.42 Å². The van der Waals surface area contributed by atoms with Crippen LogP contribution < -0.4 is 15.2 Å². The van der Waals surface area contributed by atoms with Crippen LogP contribution in [0.5, 0.6) is 5.75 Å². The zero-order chi connectivity index (χ0) is 14.5. The summed E-state index contributed by atoms with van der Waals surface area (Å²) in [6.45, 7) is 3.87. The number of methoxy groups -OCH3 is 1. The van der Waals surface area contributed by atoms with Crippen molar-refractivity contribution in [1.29, 1.82) is 0 Å². The number of ether oxygens (including phenoxy) is 1. The maximum absolute atomic E-state index is 12.3. The number of benzene rings is 1. The van der Waals surface area contributed by atoms with Gasteiger partial charge >= 0.3 is 0 Å². The van der Waals surface area contributed by atoms with Gasteiger partial charge in [-0.1, -0.05) is 6.92 Å². The first-order chi connectivity index (χ1) is 8.90. The molecule has 7 heteroatoms. The highest BCUT2D eigenvalue weighted by Gasteiger charge is 2.21. The molecule has 0 saturated carbocycles. The first-order valence-corrected chi connectivity index (χ1v) is 8.58. The van der Waals surface area contributed by atoms with Crippen LogP contribution in [-0.2, 0) is 10.0 Å². The molecule has 0 heterocycles. The number of anilines is 1. The molecule has 1 atom stereocenters. The molecule has 5 nitrogen and oxygen atoms in total. The third kappa shape index (κ3) is 4.59. The Bertz CT molecular complexity index is 518. The molecular weight excluding hydrogens is 284 g/mol. The van der Waals surface area contributed by atoms with Crippen molar-refractivity contribution in [3.05, 3.63) is 18.2 Å². The van der Waals surface area contributed by atoms with Crippen LogP contribution in [0.3, 0.4) is 0 Å². The van der Waals surface area contributed by atoms with E-state index in [-0.39, 0.29) is 16.7 Å². The molecule has 0 saturated heterocycles. The number of nitrogen functional groups attached to an aromatic ring is 1. The van der Waals surface area contributed by atoms with Crippen molar-refractivity contribution in [2.45, 2.75) is 24.8 Å². The van der Waals surface area contributed by atoms with E-state index in [0.29, 0.717) is 5.69 Å². The van der Waals surface area contributed by atoms with Gasteiger partial charge in [0.15, 0.2) is 0 Å². The third-order valence-electron chi connectivity index (χ3n) is 2.41. The number of hydrogen-bond acceptors (Lipinski definition) is 5. The summed E-state index contributed by atoms with van der Waals surface area (Å²) >= 11 is 1.69. The van der Waals surface area contributed by atoms with Gasteiger partial charge in [0.25, 0.3) is 0 Å². The fourth-order valence-electron chi connectivity index (χ4n) is 1.56. The fraction of sp³-hybridized carbons (Fsp3) is 0.500. The normalized spacial score (nSPS) is 13.2. The molecule has 0 aliphatic rings. The van der Waals surface area contributed by atoms with E-state index in [1.807, 2.05) is 13.8 Å². The molecule has 0 fully saturated rings. The highest BCUT2D eigenvalue weighted by molar-refractivity contribution is 7.99. The van der Waals surface area contributed by atoms with E-state index in [2.05, 4.69) is 4.72 Å². The molecule has 0 amide bonds. The van der Waals surface area contributed by atoms with Crippen LogP contribution in [-0.4, -0.2) is 33.1 Å². The fourth-order valence-corrected chi connectivity index (χ4v) is 3.74. The average Bonchev–Trinajstić information content (AvgIpc) is 2.35. The second kappa shape index (κ2) is 7.02. The van der Waals surface area contributed by atoms with Crippen molar-refractivity contribution in [2.75, 3.05) is 24.3 Å². The predicted molar refractivity (Wildman–Crippen MR) is 80.2 cm³/mol. The molecule has 0 spiro atoms. The summed E-state index contributed by atoms with van der Waals surface area (Å²) < 4.78 is 32.2. The number of thioether (sulfide) groups is 1. The Balaban J connectivity index is 2.94. The smallest absolute Gasteiger partial charge is 0.244 e.